The van der Waals surface area contributed by atoms with Crippen LogP contribution in [0, 0.1) is 11.7 Å². The average Bonchev–Trinajstić information content (AvgIpc) is 3.85. The monoisotopic (exact) mass is 659 g/mol. The lowest BCUT2D eigenvalue weighted by molar-refractivity contribution is -0.131. The summed E-state index contributed by atoms with van der Waals surface area (Å²) >= 11 is 0. The Labute approximate surface area is 279 Å². The van der Waals surface area contributed by atoms with E-state index in [1.807, 2.05) is 19.9 Å². The van der Waals surface area contributed by atoms with Crippen LogP contribution < -0.4 is 20.7 Å². The van der Waals surface area contributed by atoms with Gasteiger partial charge in [-0.3, -0.25) is 14.4 Å². The van der Waals surface area contributed by atoms with Crippen LogP contribution in [0.15, 0.2) is 54.6 Å². The zero-order chi connectivity index (χ0) is 34.2. The number of fused-ring (bicyclic) bond motifs is 1. The summed E-state index contributed by atoms with van der Waals surface area (Å²) in [7, 11) is 1.68. The Morgan fingerprint density at radius 2 is 2.00 bits per heavy atom. The molecule has 1 saturated heterocycles. The van der Waals surface area contributed by atoms with Gasteiger partial charge in [0.2, 0.25) is 12.3 Å². The summed E-state index contributed by atoms with van der Waals surface area (Å²) in [5.41, 5.74) is 5.13. The highest BCUT2D eigenvalue weighted by Gasteiger charge is 2.37. The van der Waals surface area contributed by atoms with E-state index in [0.29, 0.717) is 35.5 Å². The minimum Gasteiger partial charge on any atom is -0.496 e. The van der Waals surface area contributed by atoms with E-state index >= 15 is 0 Å². The number of nitrogens with zero attached hydrogens (tertiary/aromatic N) is 2. The average molecular weight is 660 g/mol. The van der Waals surface area contributed by atoms with E-state index in [1.165, 1.54) is 35.4 Å². The van der Waals surface area contributed by atoms with Crippen molar-refractivity contribution in [2.24, 2.45) is 5.92 Å². The van der Waals surface area contributed by atoms with E-state index in [4.69, 9.17) is 4.74 Å². The van der Waals surface area contributed by atoms with Crippen molar-refractivity contribution in [3.63, 3.8) is 0 Å². The first-order valence-corrected chi connectivity index (χ1v) is 16.5. The van der Waals surface area contributed by atoms with Crippen LogP contribution in [0.2, 0.25) is 0 Å². The fourth-order valence-corrected chi connectivity index (χ4v) is 5.97. The highest BCUT2D eigenvalue weighted by Crippen LogP contribution is 2.36. The number of ether oxygens (including phenoxy) is 1. The van der Waals surface area contributed by atoms with E-state index in [9.17, 15) is 23.2 Å². The molecule has 3 unspecified atom stereocenters. The van der Waals surface area contributed by atoms with Gasteiger partial charge in [-0.1, -0.05) is 24.3 Å². The maximum absolute atomic E-state index is 13.8. The molecule has 0 radical (unpaired) electrons. The Morgan fingerprint density at radius 3 is 2.69 bits per heavy atom. The number of benzene rings is 2. The van der Waals surface area contributed by atoms with Crippen LogP contribution in [-0.2, 0) is 9.59 Å². The number of hydrogen-bond acceptors (Lipinski definition) is 6. The van der Waals surface area contributed by atoms with Gasteiger partial charge in [-0.25, -0.2) is 13.8 Å². The quantitative estimate of drug-likeness (QED) is 0.253. The normalized spacial score (nSPS) is 19.7. The summed E-state index contributed by atoms with van der Waals surface area (Å²) in [6, 6.07) is 10.6. The van der Waals surface area contributed by atoms with Crippen molar-refractivity contribution >= 4 is 40.8 Å². The molecule has 0 bridgehead atoms. The maximum Gasteiger partial charge on any atom is 0.269 e. The molecule has 3 aliphatic rings. The van der Waals surface area contributed by atoms with Crippen molar-refractivity contribution in [2.45, 2.75) is 57.8 Å². The van der Waals surface area contributed by atoms with Gasteiger partial charge in [0, 0.05) is 30.5 Å². The van der Waals surface area contributed by atoms with Crippen LogP contribution in [0.3, 0.4) is 0 Å². The van der Waals surface area contributed by atoms with Gasteiger partial charge >= 0.3 is 0 Å². The number of methoxy groups -OCH3 is 1. The second-order valence-corrected chi connectivity index (χ2v) is 12.3. The summed E-state index contributed by atoms with van der Waals surface area (Å²) in [5, 5.41) is 9.77. The Morgan fingerprint density at radius 1 is 1.19 bits per heavy atom. The van der Waals surface area contributed by atoms with Crippen molar-refractivity contribution in [1.29, 1.82) is 0 Å². The molecule has 2 aromatic carbocycles. The second-order valence-electron chi connectivity index (χ2n) is 12.3. The van der Waals surface area contributed by atoms with Gasteiger partial charge in [0.15, 0.2) is 0 Å². The molecular weight excluding hydrogens is 616 g/mol. The molecule has 9 nitrogen and oxygen atoms in total. The van der Waals surface area contributed by atoms with Crippen molar-refractivity contribution < 1.29 is 27.9 Å². The number of halogens is 2. The third-order valence-corrected chi connectivity index (χ3v) is 8.72. The topological polar surface area (TPSA) is 113 Å². The van der Waals surface area contributed by atoms with E-state index in [-0.39, 0.29) is 36.6 Å². The van der Waals surface area contributed by atoms with E-state index in [0.717, 1.165) is 42.0 Å². The summed E-state index contributed by atoms with van der Waals surface area (Å²) in [4.78, 5) is 41.1. The van der Waals surface area contributed by atoms with Crippen LogP contribution in [0.25, 0.3) is 22.6 Å². The third kappa shape index (κ3) is 8.63. The number of pyridine rings is 1. The predicted molar refractivity (Wildman–Crippen MR) is 183 cm³/mol. The van der Waals surface area contributed by atoms with Gasteiger partial charge < -0.3 is 25.6 Å². The summed E-state index contributed by atoms with van der Waals surface area (Å²) in [6.45, 7) is 6.02. The van der Waals surface area contributed by atoms with Gasteiger partial charge in [0.25, 0.3) is 5.91 Å². The van der Waals surface area contributed by atoms with E-state index in [2.05, 4.69) is 45.2 Å². The molecule has 1 aliphatic carbocycles. The third-order valence-electron chi connectivity index (χ3n) is 8.72. The molecule has 2 fully saturated rings. The Bertz CT molecular complexity index is 1710. The molecule has 2 aliphatic heterocycles. The molecule has 0 spiro atoms. The van der Waals surface area contributed by atoms with E-state index in [1.54, 1.807) is 25.3 Å². The number of likely N-dealkylation sites (tertiary alicyclic amines) is 1. The highest BCUT2D eigenvalue weighted by molar-refractivity contribution is 5.94. The lowest BCUT2D eigenvalue weighted by Gasteiger charge is -2.25. The standard InChI is InChI=1S/C25H32FN3O3.C12H11FN2O/c1-16(28-25(31)23-11-20(26)14-29(23)15-30)21-12-22(19-4-3-9-27-13-19)24(32-2)10-18(21)8-7-17-5-6-17;1-2-14-12(16)11-5-3-8-7-9(13)4-6-10(8)15-11/h4,7-8,10,12,15-17,20,23,27H,3,5-6,9,11,13-14H2,1-2H3,(H,28,31);3-7H,2H2,1H3,(H,14,16)/b8-7+;. The molecule has 254 valence electrons. The SMILES string of the molecule is CCNC(=O)c1ccc2cc(F)ccc2n1.COc1cc(/C=C/C2CC2)c(C(C)NC(=O)C2CC(F)CN2C=O)cc1C1=CCCNC1. The minimum absolute atomic E-state index is 0.0286. The van der Waals surface area contributed by atoms with Crippen LogP contribution in [-0.4, -0.2) is 73.6 Å². The predicted octanol–water partition coefficient (Wildman–Crippen LogP) is 5.36. The number of aromatic nitrogens is 1. The largest absolute Gasteiger partial charge is 0.496 e. The molecule has 1 aromatic heterocycles. The Kier molecular flexibility index (Phi) is 11.5. The first kappa shape index (κ1) is 34.7. The molecule has 3 N–H and O–H groups in total. The van der Waals surface area contributed by atoms with Crippen molar-refractivity contribution in [3.8, 4) is 5.75 Å². The molecule has 3 aromatic rings. The van der Waals surface area contributed by atoms with Gasteiger partial charge in [0.1, 0.15) is 29.5 Å². The number of nitrogens with one attached hydrogen (secondary N) is 3. The van der Waals surface area contributed by atoms with Crippen molar-refractivity contribution in [2.75, 3.05) is 33.3 Å². The first-order valence-electron chi connectivity index (χ1n) is 16.5. The number of amides is 3. The van der Waals surface area contributed by atoms with Gasteiger partial charge in [-0.15, -0.1) is 0 Å². The van der Waals surface area contributed by atoms with Crippen molar-refractivity contribution in [3.05, 3.63) is 82.8 Å². The molecule has 3 amide bonds. The molecule has 6 rings (SSSR count). The summed E-state index contributed by atoms with van der Waals surface area (Å²) in [5.74, 6) is 0.581. The molecule has 11 heteroatoms. The van der Waals surface area contributed by atoms with Gasteiger partial charge in [-0.05, 0) is 98.7 Å². The lowest BCUT2D eigenvalue weighted by atomic mass is 9.92. The number of carbonyl (C=O) groups excluding carboxylic acids is 3. The fraction of sp³-hybridized carbons (Fsp3) is 0.405. The van der Waals surface area contributed by atoms with Gasteiger partial charge in [-0.2, -0.15) is 0 Å². The number of carbonyl (C=O) groups is 3. The van der Waals surface area contributed by atoms with Crippen LogP contribution in [0.4, 0.5) is 8.78 Å². The molecule has 48 heavy (non-hydrogen) atoms. The van der Waals surface area contributed by atoms with Crippen molar-refractivity contribution in [1.82, 2.24) is 25.8 Å². The number of alkyl halides is 1. The zero-order valence-corrected chi connectivity index (χ0v) is 27.6. The van der Waals surface area contributed by atoms with Gasteiger partial charge in [0.05, 0.1) is 25.2 Å². The Hall–Kier alpha value is -4.64. The molecule has 3 atom stereocenters. The summed E-state index contributed by atoms with van der Waals surface area (Å²) < 4.78 is 32.4. The smallest absolute Gasteiger partial charge is 0.269 e. The number of allylic oxidation sites excluding steroid dienone is 1. The van der Waals surface area contributed by atoms with Crippen LogP contribution in [0.5, 0.6) is 5.75 Å². The number of hydrogen-bond donors (Lipinski definition) is 3. The number of rotatable bonds is 10. The van der Waals surface area contributed by atoms with Crippen LogP contribution in [0.1, 0.15) is 72.8 Å². The molecular formula is C37H43F2N5O4. The minimum atomic E-state index is -1.17. The maximum atomic E-state index is 13.8. The van der Waals surface area contributed by atoms with Crippen LogP contribution >= 0.6 is 0 Å². The molecule has 1 saturated carbocycles. The second kappa shape index (κ2) is 16.0. The Balaban J connectivity index is 0.000000236. The highest BCUT2D eigenvalue weighted by atomic mass is 19.1. The molecule has 3 heterocycles. The zero-order valence-electron chi connectivity index (χ0n) is 27.6. The lowest BCUT2D eigenvalue weighted by Crippen LogP contribution is -2.43. The fourth-order valence-electron chi connectivity index (χ4n) is 5.97. The summed E-state index contributed by atoms with van der Waals surface area (Å²) in [6.07, 6.45) is 9.36. The first-order chi connectivity index (χ1) is 23.2. The van der Waals surface area contributed by atoms with E-state index < -0.39 is 12.2 Å².